The molecule has 6 nitrogen and oxygen atoms in total. The number of amides is 2. The fourth-order valence-corrected chi connectivity index (χ4v) is 4.47. The number of fused-ring (bicyclic) bond motifs is 2. The van der Waals surface area contributed by atoms with Crippen LogP contribution in [0.3, 0.4) is 0 Å². The first-order valence-corrected chi connectivity index (χ1v) is 10.9. The van der Waals surface area contributed by atoms with Crippen molar-refractivity contribution in [3.8, 4) is 11.8 Å². The highest BCUT2D eigenvalue weighted by Crippen LogP contribution is 2.41. The van der Waals surface area contributed by atoms with Crippen LogP contribution in [0.5, 0.6) is 5.75 Å². The molecule has 0 bridgehead atoms. The summed E-state index contributed by atoms with van der Waals surface area (Å²) in [5.74, 6) is 0.805. The van der Waals surface area contributed by atoms with Gasteiger partial charge in [-0.2, -0.15) is 5.26 Å². The van der Waals surface area contributed by atoms with Gasteiger partial charge in [0, 0.05) is 43.5 Å². The average Bonchev–Trinajstić information content (AvgIpc) is 3.24. The number of nitrogens with one attached hydrogen (secondary N) is 1. The van der Waals surface area contributed by atoms with Crippen molar-refractivity contribution in [3.63, 3.8) is 0 Å². The molecule has 0 saturated heterocycles. The zero-order chi connectivity index (χ0) is 22.0. The predicted molar refractivity (Wildman–Crippen MR) is 123 cm³/mol. The van der Waals surface area contributed by atoms with Crippen molar-refractivity contribution in [2.24, 2.45) is 0 Å². The Bertz CT molecular complexity index is 1080. The van der Waals surface area contributed by atoms with E-state index in [4.69, 9.17) is 4.74 Å². The molecule has 0 aromatic heterocycles. The molecular weight excluding hydrogens is 388 g/mol. The number of nitrogens with zero attached hydrogens (tertiary/aromatic N) is 3. The highest BCUT2D eigenvalue weighted by atomic mass is 16.5. The second-order valence-corrected chi connectivity index (χ2v) is 7.83. The zero-order valence-corrected chi connectivity index (χ0v) is 18.4. The van der Waals surface area contributed by atoms with Crippen LogP contribution in [-0.2, 0) is 12.8 Å². The first kappa shape index (κ1) is 20.8. The van der Waals surface area contributed by atoms with Gasteiger partial charge < -0.3 is 15.0 Å². The topological polar surface area (TPSA) is 68.6 Å². The summed E-state index contributed by atoms with van der Waals surface area (Å²) in [5, 5.41) is 12.9. The summed E-state index contributed by atoms with van der Waals surface area (Å²) >= 11 is 0. The number of methoxy groups -OCH3 is 1. The molecule has 4 rings (SSSR count). The number of benzene rings is 2. The van der Waals surface area contributed by atoms with Gasteiger partial charge in [-0.3, -0.25) is 4.90 Å². The van der Waals surface area contributed by atoms with Gasteiger partial charge in [0.1, 0.15) is 5.75 Å². The van der Waals surface area contributed by atoms with Gasteiger partial charge in [0.25, 0.3) is 0 Å². The molecule has 2 amide bonds. The molecule has 31 heavy (non-hydrogen) atoms. The van der Waals surface area contributed by atoms with Gasteiger partial charge in [0.05, 0.1) is 24.4 Å². The van der Waals surface area contributed by atoms with Crippen molar-refractivity contribution in [3.05, 3.63) is 58.7 Å². The molecule has 160 valence electrons. The van der Waals surface area contributed by atoms with Gasteiger partial charge in [-0.05, 0) is 54.7 Å². The van der Waals surface area contributed by atoms with Crippen LogP contribution in [0.15, 0.2) is 42.0 Å². The minimum atomic E-state index is -0.0425. The van der Waals surface area contributed by atoms with E-state index in [1.54, 1.807) is 7.11 Å². The van der Waals surface area contributed by atoms with Crippen LogP contribution in [0, 0.1) is 11.3 Å². The smallest absolute Gasteiger partial charge is 0.321 e. The Labute approximate surface area is 183 Å². The lowest BCUT2D eigenvalue weighted by molar-refractivity contribution is 0.247. The third kappa shape index (κ3) is 3.72. The van der Waals surface area contributed by atoms with Crippen molar-refractivity contribution in [1.29, 1.82) is 5.26 Å². The maximum atomic E-state index is 12.5. The van der Waals surface area contributed by atoms with Crippen molar-refractivity contribution in [2.75, 3.05) is 36.5 Å². The Hall–Kier alpha value is -3.46. The number of hydrogen-bond acceptors (Lipinski definition) is 4. The predicted octanol–water partition coefficient (Wildman–Crippen LogP) is 4.49. The number of urea groups is 1. The number of carbonyl (C=O) groups excluding carboxylic acids is 1. The first-order chi connectivity index (χ1) is 15.1. The van der Waals surface area contributed by atoms with E-state index in [0.717, 1.165) is 64.5 Å². The molecule has 0 radical (unpaired) electrons. The average molecular weight is 417 g/mol. The second-order valence-electron chi connectivity index (χ2n) is 7.83. The molecular formula is C25H28N4O2. The number of hydrogen-bond donors (Lipinski definition) is 1. The molecule has 0 spiro atoms. The van der Waals surface area contributed by atoms with E-state index in [-0.39, 0.29) is 6.03 Å². The Kier molecular flexibility index (Phi) is 5.85. The maximum Gasteiger partial charge on any atom is 0.321 e. The number of carbonyl (C=O) groups is 1. The molecule has 0 aliphatic carbocycles. The van der Waals surface area contributed by atoms with E-state index in [2.05, 4.69) is 29.3 Å². The lowest BCUT2D eigenvalue weighted by Gasteiger charge is -2.34. The van der Waals surface area contributed by atoms with E-state index in [1.807, 2.05) is 42.2 Å². The zero-order valence-electron chi connectivity index (χ0n) is 18.4. The van der Waals surface area contributed by atoms with E-state index in [0.29, 0.717) is 19.5 Å². The maximum absolute atomic E-state index is 12.5. The SMILES string of the molecule is CCCNC(=O)N1CCc2cc(C3=C(C#N)Cc4ccc(OC)cc4N3CC)ccc21. The second kappa shape index (κ2) is 8.73. The highest BCUT2D eigenvalue weighted by Gasteiger charge is 2.29. The summed E-state index contributed by atoms with van der Waals surface area (Å²) < 4.78 is 5.44. The van der Waals surface area contributed by atoms with Crippen molar-refractivity contribution < 1.29 is 9.53 Å². The van der Waals surface area contributed by atoms with Gasteiger partial charge in [-0.15, -0.1) is 0 Å². The number of rotatable bonds is 5. The molecule has 2 aliphatic heterocycles. The summed E-state index contributed by atoms with van der Waals surface area (Å²) in [4.78, 5) is 16.5. The first-order valence-electron chi connectivity index (χ1n) is 10.9. The van der Waals surface area contributed by atoms with Crippen LogP contribution < -0.4 is 19.9 Å². The van der Waals surface area contributed by atoms with Crippen molar-refractivity contribution in [1.82, 2.24) is 5.32 Å². The minimum Gasteiger partial charge on any atom is -0.497 e. The normalized spacial score (nSPS) is 14.8. The summed E-state index contributed by atoms with van der Waals surface area (Å²) in [6.07, 6.45) is 2.33. The summed E-state index contributed by atoms with van der Waals surface area (Å²) in [7, 11) is 1.67. The lowest BCUT2D eigenvalue weighted by atomic mass is 9.92. The molecule has 0 atom stereocenters. The summed E-state index contributed by atoms with van der Waals surface area (Å²) in [5.41, 5.74) is 7.03. The minimum absolute atomic E-state index is 0.0425. The molecule has 2 aromatic rings. The molecule has 0 fully saturated rings. The lowest BCUT2D eigenvalue weighted by Crippen LogP contribution is -2.39. The Morgan fingerprint density at radius 2 is 2.00 bits per heavy atom. The van der Waals surface area contributed by atoms with Crippen LogP contribution in [0.1, 0.15) is 37.0 Å². The number of ether oxygens (including phenoxy) is 1. The van der Waals surface area contributed by atoms with Crippen LogP contribution in [0.2, 0.25) is 0 Å². The molecule has 2 aliphatic rings. The van der Waals surface area contributed by atoms with Crippen LogP contribution in [-0.4, -0.2) is 32.8 Å². The largest absolute Gasteiger partial charge is 0.497 e. The summed E-state index contributed by atoms with van der Waals surface area (Å²) in [6, 6.07) is 14.6. The monoisotopic (exact) mass is 416 g/mol. The van der Waals surface area contributed by atoms with Gasteiger partial charge in [-0.1, -0.05) is 19.1 Å². The Morgan fingerprint density at radius 3 is 2.71 bits per heavy atom. The fraction of sp³-hybridized carbons (Fsp3) is 0.360. The quantitative estimate of drug-likeness (QED) is 0.780. The Morgan fingerprint density at radius 1 is 1.16 bits per heavy atom. The molecule has 0 saturated carbocycles. The van der Waals surface area contributed by atoms with Crippen molar-refractivity contribution in [2.45, 2.75) is 33.1 Å². The summed E-state index contributed by atoms with van der Waals surface area (Å²) in [6.45, 7) is 6.23. The van der Waals surface area contributed by atoms with Gasteiger partial charge in [0.2, 0.25) is 0 Å². The van der Waals surface area contributed by atoms with Gasteiger partial charge >= 0.3 is 6.03 Å². The highest BCUT2D eigenvalue weighted by molar-refractivity contribution is 5.95. The third-order valence-corrected chi connectivity index (χ3v) is 5.98. The van der Waals surface area contributed by atoms with Crippen molar-refractivity contribution >= 4 is 23.1 Å². The van der Waals surface area contributed by atoms with Crippen LogP contribution in [0.25, 0.3) is 5.70 Å². The molecule has 6 heteroatoms. The molecule has 2 heterocycles. The number of nitriles is 1. The molecule has 2 aromatic carbocycles. The van der Waals surface area contributed by atoms with E-state index in [9.17, 15) is 10.1 Å². The van der Waals surface area contributed by atoms with E-state index >= 15 is 0 Å². The van der Waals surface area contributed by atoms with E-state index < -0.39 is 0 Å². The number of anilines is 2. The fourth-order valence-electron chi connectivity index (χ4n) is 4.47. The number of allylic oxidation sites excluding steroid dienone is 1. The van der Waals surface area contributed by atoms with Crippen LogP contribution >= 0.6 is 0 Å². The van der Waals surface area contributed by atoms with E-state index in [1.165, 1.54) is 0 Å². The standard InChI is InChI=1S/C25H28N4O2/c1-4-11-27-25(30)29-12-10-18-13-19(7-9-22(18)29)24-20(16-26)14-17-6-8-21(31-3)15-23(17)28(24)5-2/h6-9,13,15H,4-5,10-12,14H2,1-3H3,(H,27,30). The van der Waals surface area contributed by atoms with Gasteiger partial charge in [0.15, 0.2) is 0 Å². The molecule has 1 N–H and O–H groups in total. The molecule has 0 unspecified atom stereocenters. The van der Waals surface area contributed by atoms with Crippen LogP contribution in [0.4, 0.5) is 16.2 Å². The Balaban J connectivity index is 1.72. The van der Waals surface area contributed by atoms with Gasteiger partial charge in [-0.25, -0.2) is 4.79 Å². The third-order valence-electron chi connectivity index (χ3n) is 5.98.